The summed E-state index contributed by atoms with van der Waals surface area (Å²) >= 11 is 15.7. The van der Waals surface area contributed by atoms with E-state index in [0.29, 0.717) is 15.8 Å². The smallest absolute Gasteiger partial charge is 0.191 e. The quantitative estimate of drug-likeness (QED) is 0.546. The van der Waals surface area contributed by atoms with Crippen LogP contribution in [0.2, 0.25) is 10.0 Å². The molecule has 2 heterocycles. The van der Waals surface area contributed by atoms with Gasteiger partial charge in [-0.15, -0.1) is 21.5 Å². The summed E-state index contributed by atoms with van der Waals surface area (Å²) in [4.78, 5) is 1.12. The predicted octanol–water partition coefficient (Wildman–Crippen LogP) is 5.63. The molecule has 0 saturated heterocycles. The molecule has 0 bridgehead atoms. The summed E-state index contributed by atoms with van der Waals surface area (Å²) in [5.41, 5.74) is 0.930. The Balaban J connectivity index is 1.84. The van der Waals surface area contributed by atoms with Crippen LogP contribution in [0.25, 0.3) is 10.7 Å². The molecule has 1 aromatic carbocycles. The normalized spacial score (nSPS) is 11.0. The highest BCUT2D eigenvalue weighted by Gasteiger charge is 2.15. The minimum absolute atomic E-state index is 0.668. The zero-order chi connectivity index (χ0) is 15.5. The second-order valence-electron chi connectivity index (χ2n) is 4.52. The highest BCUT2D eigenvalue weighted by Crippen LogP contribution is 2.32. The third-order valence-electron chi connectivity index (χ3n) is 3.18. The first-order valence-corrected chi connectivity index (χ1v) is 9.35. The Morgan fingerprint density at radius 2 is 1.91 bits per heavy atom. The van der Waals surface area contributed by atoms with Crippen molar-refractivity contribution < 1.29 is 0 Å². The molecule has 22 heavy (non-hydrogen) atoms. The van der Waals surface area contributed by atoms with E-state index in [4.69, 9.17) is 23.2 Å². The van der Waals surface area contributed by atoms with Gasteiger partial charge in [0.25, 0.3) is 0 Å². The van der Waals surface area contributed by atoms with Gasteiger partial charge < -0.3 is 4.57 Å². The molecule has 3 aromatic rings. The molecule has 0 fully saturated rings. The zero-order valence-corrected chi connectivity index (χ0v) is 14.9. The molecule has 0 saturated carbocycles. The van der Waals surface area contributed by atoms with E-state index < -0.39 is 0 Å². The second kappa shape index (κ2) is 7.04. The third kappa shape index (κ3) is 3.18. The van der Waals surface area contributed by atoms with Crippen molar-refractivity contribution in [3.8, 4) is 10.7 Å². The minimum atomic E-state index is 0.668. The van der Waals surface area contributed by atoms with Crippen LogP contribution < -0.4 is 0 Å². The molecule has 3 rings (SSSR count). The number of nitrogens with zero attached hydrogens (tertiary/aromatic N) is 3. The van der Waals surface area contributed by atoms with Crippen LogP contribution in [0.3, 0.4) is 0 Å². The van der Waals surface area contributed by atoms with E-state index in [2.05, 4.69) is 27.8 Å². The molecule has 0 spiro atoms. The van der Waals surface area contributed by atoms with Gasteiger partial charge in [-0.1, -0.05) is 47.1 Å². The Hall–Kier alpha value is -1.01. The standard InChI is InChI=1S/C15H13Cl2N3S2/c1-2-20-14(13-7-4-8-21-13)18-19-15(20)22-9-10-11(16)5-3-6-12(10)17/h3-8H,2,9H2,1H3. The van der Waals surface area contributed by atoms with Gasteiger partial charge in [-0.2, -0.15) is 0 Å². The van der Waals surface area contributed by atoms with Crippen LogP contribution in [0, 0.1) is 0 Å². The van der Waals surface area contributed by atoms with Crippen LogP contribution in [0.15, 0.2) is 40.9 Å². The highest BCUT2D eigenvalue weighted by molar-refractivity contribution is 7.98. The van der Waals surface area contributed by atoms with E-state index in [0.717, 1.165) is 28.0 Å². The van der Waals surface area contributed by atoms with E-state index >= 15 is 0 Å². The number of hydrogen-bond acceptors (Lipinski definition) is 4. The number of thiophene rings is 1. The SMILES string of the molecule is CCn1c(SCc2c(Cl)cccc2Cl)nnc1-c1cccs1. The molecular weight excluding hydrogens is 357 g/mol. The molecule has 2 aromatic heterocycles. The number of benzene rings is 1. The second-order valence-corrected chi connectivity index (χ2v) is 7.22. The zero-order valence-electron chi connectivity index (χ0n) is 11.8. The van der Waals surface area contributed by atoms with Crippen molar-refractivity contribution in [2.24, 2.45) is 0 Å². The Morgan fingerprint density at radius 3 is 2.55 bits per heavy atom. The Kier molecular flexibility index (Phi) is 5.08. The van der Waals surface area contributed by atoms with Gasteiger partial charge in [0.05, 0.1) is 4.88 Å². The van der Waals surface area contributed by atoms with Crippen LogP contribution in [0.4, 0.5) is 0 Å². The third-order valence-corrected chi connectivity index (χ3v) is 5.75. The predicted molar refractivity (Wildman–Crippen MR) is 95.0 cm³/mol. The molecule has 0 radical (unpaired) electrons. The summed E-state index contributed by atoms with van der Waals surface area (Å²) in [5, 5.41) is 12.9. The first-order valence-electron chi connectivity index (χ1n) is 6.73. The maximum Gasteiger partial charge on any atom is 0.191 e. The van der Waals surface area contributed by atoms with Gasteiger partial charge in [0.2, 0.25) is 0 Å². The molecule has 0 N–H and O–H groups in total. The lowest BCUT2D eigenvalue weighted by molar-refractivity contribution is 0.688. The maximum atomic E-state index is 6.22. The summed E-state index contributed by atoms with van der Waals surface area (Å²) in [7, 11) is 0. The lowest BCUT2D eigenvalue weighted by Crippen LogP contribution is -1.99. The van der Waals surface area contributed by atoms with Crippen LogP contribution in [-0.2, 0) is 12.3 Å². The maximum absolute atomic E-state index is 6.22. The summed E-state index contributed by atoms with van der Waals surface area (Å²) in [6, 6.07) is 9.63. The molecular formula is C15H13Cl2N3S2. The van der Waals surface area contributed by atoms with Gasteiger partial charge in [0, 0.05) is 22.3 Å². The summed E-state index contributed by atoms with van der Waals surface area (Å²) < 4.78 is 2.11. The molecule has 0 amide bonds. The molecule has 0 aliphatic rings. The van der Waals surface area contributed by atoms with Gasteiger partial charge >= 0.3 is 0 Å². The summed E-state index contributed by atoms with van der Waals surface area (Å²) in [6.45, 7) is 2.91. The topological polar surface area (TPSA) is 30.7 Å². The molecule has 114 valence electrons. The summed E-state index contributed by atoms with van der Waals surface area (Å²) in [5.74, 6) is 1.58. The van der Waals surface area contributed by atoms with Crippen molar-refractivity contribution in [1.29, 1.82) is 0 Å². The Morgan fingerprint density at radius 1 is 1.14 bits per heavy atom. The lowest BCUT2D eigenvalue weighted by Gasteiger charge is -2.08. The van der Waals surface area contributed by atoms with Gasteiger partial charge in [0.1, 0.15) is 0 Å². The van der Waals surface area contributed by atoms with E-state index in [-0.39, 0.29) is 0 Å². The lowest BCUT2D eigenvalue weighted by atomic mass is 10.2. The fourth-order valence-electron chi connectivity index (χ4n) is 2.08. The van der Waals surface area contributed by atoms with E-state index in [1.165, 1.54) is 0 Å². The Bertz CT molecular complexity index is 749. The van der Waals surface area contributed by atoms with E-state index in [9.17, 15) is 0 Å². The van der Waals surface area contributed by atoms with Gasteiger partial charge in [-0.3, -0.25) is 0 Å². The van der Waals surface area contributed by atoms with Crippen LogP contribution in [0.1, 0.15) is 12.5 Å². The van der Waals surface area contributed by atoms with Crippen molar-refractivity contribution >= 4 is 46.3 Å². The molecule has 0 atom stereocenters. The number of hydrogen-bond donors (Lipinski definition) is 0. The molecule has 3 nitrogen and oxygen atoms in total. The van der Waals surface area contributed by atoms with E-state index in [1.54, 1.807) is 23.1 Å². The average Bonchev–Trinajstić information content (AvgIpc) is 3.15. The van der Waals surface area contributed by atoms with Crippen molar-refractivity contribution in [2.45, 2.75) is 24.4 Å². The monoisotopic (exact) mass is 369 g/mol. The van der Waals surface area contributed by atoms with Crippen molar-refractivity contribution in [2.75, 3.05) is 0 Å². The number of rotatable bonds is 5. The molecule has 0 unspecified atom stereocenters. The van der Waals surface area contributed by atoms with Gasteiger partial charge in [-0.25, -0.2) is 0 Å². The van der Waals surface area contributed by atoms with Crippen LogP contribution in [0.5, 0.6) is 0 Å². The van der Waals surface area contributed by atoms with Crippen LogP contribution >= 0.6 is 46.3 Å². The van der Waals surface area contributed by atoms with Crippen LogP contribution in [-0.4, -0.2) is 14.8 Å². The number of halogens is 2. The van der Waals surface area contributed by atoms with E-state index in [1.807, 2.05) is 29.6 Å². The first-order chi connectivity index (χ1) is 10.7. The average molecular weight is 370 g/mol. The number of aromatic nitrogens is 3. The first kappa shape index (κ1) is 15.9. The molecule has 7 heteroatoms. The van der Waals surface area contributed by atoms with Crippen molar-refractivity contribution in [3.05, 3.63) is 51.3 Å². The van der Waals surface area contributed by atoms with Crippen molar-refractivity contribution in [1.82, 2.24) is 14.8 Å². The molecule has 0 aliphatic carbocycles. The number of thioether (sulfide) groups is 1. The Labute approximate surface area is 147 Å². The fraction of sp³-hybridized carbons (Fsp3) is 0.200. The minimum Gasteiger partial charge on any atom is -0.302 e. The summed E-state index contributed by atoms with van der Waals surface area (Å²) in [6.07, 6.45) is 0. The fourth-order valence-corrected chi connectivity index (χ4v) is 4.54. The van der Waals surface area contributed by atoms with Gasteiger partial charge in [-0.05, 0) is 36.1 Å². The highest BCUT2D eigenvalue weighted by atomic mass is 35.5. The largest absolute Gasteiger partial charge is 0.302 e. The van der Waals surface area contributed by atoms with Gasteiger partial charge in [0.15, 0.2) is 11.0 Å². The van der Waals surface area contributed by atoms with Crippen molar-refractivity contribution in [3.63, 3.8) is 0 Å². The molecule has 0 aliphatic heterocycles.